The number of imide groups is 1. The van der Waals surface area contributed by atoms with E-state index in [-0.39, 0.29) is 0 Å². The van der Waals surface area contributed by atoms with E-state index in [1.165, 1.54) is 16.3 Å². The van der Waals surface area contributed by atoms with E-state index in [2.05, 4.69) is 10.4 Å². The summed E-state index contributed by atoms with van der Waals surface area (Å²) in [6.07, 6.45) is 0.464. The summed E-state index contributed by atoms with van der Waals surface area (Å²) in [5, 5.41) is 10.7. The fourth-order valence-corrected chi connectivity index (χ4v) is 5.54. The van der Waals surface area contributed by atoms with Crippen LogP contribution in [0.4, 0.5) is 4.79 Å². The number of hydrogen-bond donors (Lipinski definition) is 1. The lowest BCUT2D eigenvalue weighted by atomic mass is 9.92. The Hall–Kier alpha value is -4.38. The molecule has 2 atom stereocenters. The van der Waals surface area contributed by atoms with E-state index in [1.54, 1.807) is 58.6 Å². The number of carbonyl (C=O) groups excluding carboxylic acids is 3. The van der Waals surface area contributed by atoms with Crippen molar-refractivity contribution in [1.29, 1.82) is 0 Å². The lowest BCUT2D eigenvalue weighted by molar-refractivity contribution is -0.140. The van der Waals surface area contributed by atoms with Crippen LogP contribution in [0, 0.1) is 0 Å². The van der Waals surface area contributed by atoms with Gasteiger partial charge in [0.05, 0.1) is 38.0 Å². The molecule has 2 unspecified atom stereocenters. The summed E-state index contributed by atoms with van der Waals surface area (Å²) in [4.78, 5) is 42.0. The number of ether oxygens (including phenoxy) is 3. The highest BCUT2D eigenvalue weighted by Gasteiger charge is 2.50. The van der Waals surface area contributed by atoms with Crippen LogP contribution >= 0.6 is 11.3 Å². The third-order valence-electron chi connectivity index (χ3n) is 7.00. The van der Waals surface area contributed by atoms with Crippen molar-refractivity contribution in [2.24, 2.45) is 5.10 Å². The molecule has 1 fully saturated rings. The minimum atomic E-state index is -1.32. The van der Waals surface area contributed by atoms with Gasteiger partial charge in [-0.25, -0.2) is 9.80 Å². The van der Waals surface area contributed by atoms with Crippen molar-refractivity contribution < 1.29 is 28.6 Å². The monoisotopic (exact) mass is 548 g/mol. The molecule has 2 aliphatic heterocycles. The molecule has 1 saturated heterocycles. The van der Waals surface area contributed by atoms with E-state index in [0.29, 0.717) is 29.2 Å². The second-order valence-corrected chi connectivity index (χ2v) is 10.2. The Balaban J connectivity index is 1.42. The molecule has 2 aromatic carbocycles. The van der Waals surface area contributed by atoms with E-state index in [4.69, 9.17) is 14.2 Å². The molecule has 11 heteroatoms. The molecule has 0 bridgehead atoms. The van der Waals surface area contributed by atoms with Crippen LogP contribution in [0.1, 0.15) is 35.4 Å². The van der Waals surface area contributed by atoms with Crippen LogP contribution in [-0.2, 0) is 15.1 Å². The summed E-state index contributed by atoms with van der Waals surface area (Å²) in [6.45, 7) is 1.16. The van der Waals surface area contributed by atoms with Gasteiger partial charge in [-0.05, 0) is 53.8 Å². The fourth-order valence-electron chi connectivity index (χ4n) is 4.82. The number of benzene rings is 2. The molecule has 1 N–H and O–H groups in total. The van der Waals surface area contributed by atoms with Crippen LogP contribution in [-0.4, -0.2) is 61.3 Å². The van der Waals surface area contributed by atoms with Crippen molar-refractivity contribution in [3.05, 3.63) is 76.0 Å². The van der Waals surface area contributed by atoms with Crippen molar-refractivity contribution >= 4 is 34.9 Å². The molecule has 0 spiro atoms. The molecule has 39 heavy (non-hydrogen) atoms. The van der Waals surface area contributed by atoms with E-state index in [1.807, 2.05) is 29.6 Å². The molecule has 2 aliphatic rings. The summed E-state index contributed by atoms with van der Waals surface area (Å²) in [5.74, 6) is 0.713. The molecule has 1 aromatic heterocycles. The highest BCUT2D eigenvalue weighted by molar-refractivity contribution is 7.12. The van der Waals surface area contributed by atoms with Gasteiger partial charge in [0.25, 0.3) is 11.8 Å². The largest absolute Gasteiger partial charge is 0.497 e. The average Bonchev–Trinajstić information content (AvgIpc) is 3.69. The molecular formula is C28H28N4O6S. The third-order valence-corrected chi connectivity index (χ3v) is 7.92. The molecule has 202 valence electrons. The van der Waals surface area contributed by atoms with Gasteiger partial charge < -0.3 is 19.5 Å². The first-order chi connectivity index (χ1) is 18.8. The van der Waals surface area contributed by atoms with Crippen molar-refractivity contribution in [2.75, 3.05) is 27.9 Å². The van der Waals surface area contributed by atoms with Gasteiger partial charge in [-0.3, -0.25) is 14.5 Å². The minimum Gasteiger partial charge on any atom is -0.497 e. The maximum atomic E-state index is 13.7. The molecule has 5 rings (SSSR count). The Morgan fingerprint density at radius 2 is 1.79 bits per heavy atom. The molecule has 3 aromatic rings. The lowest BCUT2D eigenvalue weighted by Crippen LogP contribution is -2.43. The quantitative estimate of drug-likeness (QED) is 0.428. The van der Waals surface area contributed by atoms with Crippen molar-refractivity contribution in [2.45, 2.75) is 24.9 Å². The SMILES string of the molecule is COc1ccc(C2(C)NC(=O)N(CC(=O)N3N=C(c4cccs4)CC3c3ccc(OC)c(OC)c3)C2=O)cc1. The van der Waals surface area contributed by atoms with Crippen LogP contribution in [0.25, 0.3) is 0 Å². The number of carbonyl (C=O) groups is 3. The number of urea groups is 1. The van der Waals surface area contributed by atoms with Crippen molar-refractivity contribution in [3.63, 3.8) is 0 Å². The smallest absolute Gasteiger partial charge is 0.325 e. The van der Waals surface area contributed by atoms with Gasteiger partial charge in [0.15, 0.2) is 11.5 Å². The second-order valence-electron chi connectivity index (χ2n) is 9.27. The van der Waals surface area contributed by atoms with Gasteiger partial charge in [-0.2, -0.15) is 5.10 Å². The molecule has 3 heterocycles. The molecule has 4 amide bonds. The number of methoxy groups -OCH3 is 3. The van der Waals surface area contributed by atoms with Gasteiger partial charge in [0, 0.05) is 6.42 Å². The summed E-state index contributed by atoms with van der Waals surface area (Å²) in [5.41, 5.74) is 0.803. The molecule has 0 saturated carbocycles. The van der Waals surface area contributed by atoms with Crippen LogP contribution in [0.3, 0.4) is 0 Å². The van der Waals surface area contributed by atoms with E-state index in [9.17, 15) is 14.4 Å². The van der Waals surface area contributed by atoms with Crippen LogP contribution < -0.4 is 19.5 Å². The summed E-state index contributed by atoms with van der Waals surface area (Å²) >= 11 is 1.53. The normalized spacial score (nSPS) is 20.6. The molecular weight excluding hydrogens is 520 g/mol. The minimum absolute atomic E-state index is 0.455. The number of amides is 4. The Morgan fingerprint density at radius 1 is 1.05 bits per heavy atom. The number of thiophene rings is 1. The van der Waals surface area contributed by atoms with Crippen LogP contribution in [0.2, 0.25) is 0 Å². The van der Waals surface area contributed by atoms with E-state index in [0.717, 1.165) is 21.1 Å². The predicted octanol–water partition coefficient (Wildman–Crippen LogP) is 3.92. The first-order valence-corrected chi connectivity index (χ1v) is 13.1. The highest BCUT2D eigenvalue weighted by Crippen LogP contribution is 2.38. The number of nitrogens with zero attached hydrogens (tertiary/aromatic N) is 3. The fraction of sp³-hybridized carbons (Fsp3) is 0.286. The lowest BCUT2D eigenvalue weighted by Gasteiger charge is -2.25. The van der Waals surface area contributed by atoms with Gasteiger partial charge in [0.1, 0.15) is 17.8 Å². The Kier molecular flexibility index (Phi) is 7.00. The molecule has 0 radical (unpaired) electrons. The second kappa shape index (κ2) is 10.4. The third kappa shape index (κ3) is 4.69. The van der Waals surface area contributed by atoms with Gasteiger partial charge in [0.2, 0.25) is 0 Å². The van der Waals surface area contributed by atoms with Crippen molar-refractivity contribution in [3.8, 4) is 17.2 Å². The Labute approximate surface area is 229 Å². The van der Waals surface area contributed by atoms with Gasteiger partial charge in [-0.15, -0.1) is 11.3 Å². The number of rotatable bonds is 8. The topological polar surface area (TPSA) is 110 Å². The maximum absolute atomic E-state index is 13.7. The molecule has 0 aliphatic carbocycles. The summed E-state index contributed by atoms with van der Waals surface area (Å²) in [7, 11) is 4.65. The number of nitrogens with one attached hydrogen (secondary N) is 1. The first kappa shape index (κ1) is 26.2. The number of hydrazone groups is 1. The Bertz CT molecular complexity index is 1440. The zero-order valence-electron chi connectivity index (χ0n) is 22.0. The molecule has 10 nitrogen and oxygen atoms in total. The standard InChI is InChI=1S/C28H28N4O6S/c1-28(18-8-10-19(36-2)11-9-18)26(34)31(27(35)29-28)16-25(33)32-21(15-20(30-32)24-6-5-13-39-24)17-7-12-22(37-3)23(14-17)38-4/h5-14,21H,15-16H2,1-4H3,(H,29,35). The average molecular weight is 549 g/mol. The highest BCUT2D eigenvalue weighted by atomic mass is 32.1. The first-order valence-electron chi connectivity index (χ1n) is 12.2. The van der Waals surface area contributed by atoms with Crippen molar-refractivity contribution in [1.82, 2.24) is 15.2 Å². The zero-order chi connectivity index (χ0) is 27.7. The van der Waals surface area contributed by atoms with E-state index >= 15 is 0 Å². The Morgan fingerprint density at radius 3 is 2.44 bits per heavy atom. The van der Waals surface area contributed by atoms with Crippen LogP contribution in [0.5, 0.6) is 17.2 Å². The van der Waals surface area contributed by atoms with Gasteiger partial charge >= 0.3 is 6.03 Å². The maximum Gasteiger partial charge on any atom is 0.325 e. The number of hydrogen-bond acceptors (Lipinski definition) is 8. The predicted molar refractivity (Wildman–Crippen MR) is 145 cm³/mol. The zero-order valence-corrected chi connectivity index (χ0v) is 22.8. The summed E-state index contributed by atoms with van der Waals surface area (Å²) < 4.78 is 16.0. The van der Waals surface area contributed by atoms with Crippen LogP contribution in [0.15, 0.2) is 65.1 Å². The van der Waals surface area contributed by atoms with E-state index < -0.39 is 36.0 Å². The van der Waals surface area contributed by atoms with Gasteiger partial charge in [-0.1, -0.05) is 24.3 Å². The summed E-state index contributed by atoms with van der Waals surface area (Å²) in [6, 6.07) is 15.1.